The molecule has 2 aliphatic rings. The van der Waals surface area contributed by atoms with Crippen LogP contribution in [0.2, 0.25) is 0 Å². The average molecular weight is 340 g/mol. The second kappa shape index (κ2) is 8.14. The first-order chi connectivity index (χ1) is 11.3. The number of morpholine rings is 1. The second-order valence-corrected chi connectivity index (χ2v) is 6.90. The molecule has 0 radical (unpaired) electrons. The van der Waals surface area contributed by atoms with Gasteiger partial charge >= 0.3 is 0 Å². The average Bonchev–Trinajstić information content (AvgIpc) is 3.10. The molecule has 0 aliphatic carbocycles. The lowest BCUT2D eigenvalue weighted by molar-refractivity contribution is -0.00923. The summed E-state index contributed by atoms with van der Waals surface area (Å²) in [6, 6.07) is 0. The highest BCUT2D eigenvalue weighted by molar-refractivity contribution is 7.99. The fourth-order valence-corrected chi connectivity index (χ4v) is 4.52. The van der Waals surface area contributed by atoms with Crippen molar-refractivity contribution in [1.29, 1.82) is 0 Å². The summed E-state index contributed by atoms with van der Waals surface area (Å²) in [5, 5.41) is 12.2. The van der Waals surface area contributed by atoms with Crippen LogP contribution in [0.4, 0.5) is 5.82 Å². The minimum atomic E-state index is -0.0311. The highest BCUT2D eigenvalue weighted by Gasteiger charge is 2.40. The van der Waals surface area contributed by atoms with E-state index < -0.39 is 0 Å². The fourth-order valence-electron chi connectivity index (χ4n) is 3.04. The van der Waals surface area contributed by atoms with Gasteiger partial charge in [-0.05, 0) is 12.2 Å². The molecule has 1 aromatic rings. The van der Waals surface area contributed by atoms with E-state index in [4.69, 9.17) is 14.6 Å². The Morgan fingerprint density at radius 1 is 1.39 bits per heavy atom. The van der Waals surface area contributed by atoms with Gasteiger partial charge in [0, 0.05) is 30.9 Å². The number of nitrogens with one attached hydrogen (secondary N) is 1. The maximum atomic E-state index is 8.82. The normalized spacial score (nSPS) is 25.4. The van der Waals surface area contributed by atoms with Crippen molar-refractivity contribution < 1.29 is 14.6 Å². The van der Waals surface area contributed by atoms with Crippen LogP contribution in [-0.4, -0.2) is 83.1 Å². The minimum Gasteiger partial charge on any atom is -0.474 e. The van der Waals surface area contributed by atoms with Gasteiger partial charge in [-0.25, -0.2) is 0 Å². The van der Waals surface area contributed by atoms with Crippen LogP contribution in [0, 0.1) is 0 Å². The number of hydrogen-bond acceptors (Lipinski definition) is 8. The van der Waals surface area contributed by atoms with Crippen LogP contribution in [0.5, 0.6) is 5.88 Å². The van der Waals surface area contributed by atoms with Crippen LogP contribution in [0.3, 0.4) is 0 Å². The number of hydrogen-bond donors (Lipinski definition) is 2. The zero-order chi connectivity index (χ0) is 16.0. The van der Waals surface area contributed by atoms with Crippen LogP contribution in [-0.2, 0) is 4.74 Å². The van der Waals surface area contributed by atoms with Gasteiger partial charge in [-0.2, -0.15) is 16.7 Å². The number of thioether (sulfide) groups is 1. The first kappa shape index (κ1) is 16.8. The predicted octanol–water partition coefficient (Wildman–Crippen LogP) is 0.467. The molecule has 1 unspecified atom stereocenters. The monoisotopic (exact) mass is 340 g/mol. The lowest BCUT2D eigenvalue weighted by atomic mass is 9.95. The van der Waals surface area contributed by atoms with Crippen LogP contribution >= 0.6 is 11.8 Å². The van der Waals surface area contributed by atoms with E-state index in [9.17, 15) is 0 Å². The molecule has 0 saturated carbocycles. The molecule has 2 N–H and O–H groups in total. The Morgan fingerprint density at radius 3 is 3.00 bits per heavy atom. The topological polar surface area (TPSA) is 79.7 Å². The zero-order valence-corrected chi connectivity index (χ0v) is 14.1. The van der Waals surface area contributed by atoms with Gasteiger partial charge < -0.3 is 19.9 Å². The van der Waals surface area contributed by atoms with Crippen molar-refractivity contribution in [3.05, 3.63) is 12.4 Å². The zero-order valence-electron chi connectivity index (χ0n) is 13.2. The summed E-state index contributed by atoms with van der Waals surface area (Å²) in [5.74, 6) is 3.48. The third-order valence-corrected chi connectivity index (χ3v) is 5.55. The van der Waals surface area contributed by atoms with Gasteiger partial charge in [-0.1, -0.05) is 0 Å². The molecular formula is C15H24N4O3S. The summed E-state index contributed by atoms with van der Waals surface area (Å²) in [4.78, 5) is 11.1. The Kier molecular flexibility index (Phi) is 5.93. The Labute approximate surface area is 140 Å². The van der Waals surface area contributed by atoms with Gasteiger partial charge in [0.1, 0.15) is 12.4 Å². The molecule has 0 amide bonds. The summed E-state index contributed by atoms with van der Waals surface area (Å²) >= 11 is 2.01. The lowest BCUT2D eigenvalue weighted by Gasteiger charge is -2.43. The number of nitrogens with zero attached hydrogens (tertiary/aromatic N) is 3. The Hall–Kier alpha value is -1.09. The summed E-state index contributed by atoms with van der Waals surface area (Å²) in [7, 11) is 0. The number of rotatable bonds is 7. The van der Waals surface area contributed by atoms with E-state index in [1.165, 1.54) is 12.2 Å². The van der Waals surface area contributed by atoms with Crippen LogP contribution in [0.1, 0.15) is 6.42 Å². The van der Waals surface area contributed by atoms with Crippen LogP contribution < -0.4 is 10.1 Å². The SMILES string of the molecule is OCCOc1cncc(NCC2(N3CCOCC3)CCSC2)n1. The number of aliphatic hydroxyl groups is 1. The third-order valence-electron chi connectivity index (χ3n) is 4.32. The first-order valence-corrected chi connectivity index (χ1v) is 9.18. The number of ether oxygens (including phenoxy) is 2. The lowest BCUT2D eigenvalue weighted by Crippen LogP contribution is -2.57. The Bertz CT molecular complexity index is 493. The molecule has 8 heteroatoms. The van der Waals surface area contributed by atoms with E-state index in [-0.39, 0.29) is 18.8 Å². The van der Waals surface area contributed by atoms with Crippen LogP contribution in [0.25, 0.3) is 0 Å². The first-order valence-electron chi connectivity index (χ1n) is 8.02. The number of aromatic nitrogens is 2. The van der Waals surface area contributed by atoms with Crippen molar-refractivity contribution in [3.63, 3.8) is 0 Å². The molecule has 0 aromatic carbocycles. The van der Waals surface area contributed by atoms with E-state index in [2.05, 4.69) is 20.2 Å². The largest absolute Gasteiger partial charge is 0.474 e. The molecule has 1 atom stereocenters. The van der Waals surface area contributed by atoms with E-state index in [0.717, 1.165) is 38.6 Å². The van der Waals surface area contributed by atoms with E-state index in [1.807, 2.05) is 11.8 Å². The smallest absolute Gasteiger partial charge is 0.234 e. The molecule has 2 saturated heterocycles. The Morgan fingerprint density at radius 2 is 2.26 bits per heavy atom. The molecular weight excluding hydrogens is 316 g/mol. The predicted molar refractivity (Wildman–Crippen MR) is 90.2 cm³/mol. The maximum absolute atomic E-state index is 8.82. The van der Waals surface area contributed by atoms with Gasteiger partial charge in [-0.15, -0.1) is 0 Å². The molecule has 3 rings (SSSR count). The van der Waals surface area contributed by atoms with Crippen molar-refractivity contribution in [2.45, 2.75) is 12.0 Å². The highest BCUT2D eigenvalue weighted by Crippen LogP contribution is 2.34. The number of aliphatic hydroxyl groups excluding tert-OH is 1. The highest BCUT2D eigenvalue weighted by atomic mass is 32.2. The van der Waals surface area contributed by atoms with E-state index >= 15 is 0 Å². The maximum Gasteiger partial charge on any atom is 0.234 e. The van der Waals surface area contributed by atoms with Crippen molar-refractivity contribution in [2.24, 2.45) is 0 Å². The molecule has 3 heterocycles. The summed E-state index contributed by atoms with van der Waals surface area (Å²) < 4.78 is 10.8. The van der Waals surface area contributed by atoms with Gasteiger partial charge in [0.05, 0.1) is 32.2 Å². The van der Waals surface area contributed by atoms with E-state index in [1.54, 1.807) is 12.4 Å². The molecule has 2 aliphatic heterocycles. The summed E-state index contributed by atoms with van der Waals surface area (Å²) in [6.07, 6.45) is 4.45. The summed E-state index contributed by atoms with van der Waals surface area (Å²) in [5.41, 5.74) is 0.165. The molecule has 0 bridgehead atoms. The summed E-state index contributed by atoms with van der Waals surface area (Å²) in [6.45, 7) is 4.66. The molecule has 128 valence electrons. The minimum absolute atomic E-state index is 0.0311. The standard InChI is InChI=1S/C15H24N4O3S/c20-4-7-22-14-10-16-9-13(18-14)17-11-15(1-8-23-12-15)19-2-5-21-6-3-19/h9-10,20H,1-8,11-12H2,(H,17,18). The third kappa shape index (κ3) is 4.26. The number of anilines is 1. The Balaban J connectivity index is 1.62. The quantitative estimate of drug-likeness (QED) is 0.741. The molecule has 1 aromatic heterocycles. The fraction of sp³-hybridized carbons (Fsp3) is 0.733. The van der Waals surface area contributed by atoms with Gasteiger partial charge in [-0.3, -0.25) is 9.88 Å². The molecule has 2 fully saturated rings. The van der Waals surface area contributed by atoms with Crippen molar-refractivity contribution in [3.8, 4) is 5.88 Å². The van der Waals surface area contributed by atoms with Crippen LogP contribution in [0.15, 0.2) is 12.4 Å². The second-order valence-electron chi connectivity index (χ2n) is 5.79. The van der Waals surface area contributed by atoms with Crippen molar-refractivity contribution in [2.75, 3.05) is 62.9 Å². The van der Waals surface area contributed by atoms with E-state index in [0.29, 0.717) is 11.7 Å². The van der Waals surface area contributed by atoms with Crippen molar-refractivity contribution >= 4 is 17.6 Å². The molecule has 0 spiro atoms. The van der Waals surface area contributed by atoms with Gasteiger partial charge in [0.15, 0.2) is 0 Å². The van der Waals surface area contributed by atoms with Gasteiger partial charge in [0.2, 0.25) is 5.88 Å². The van der Waals surface area contributed by atoms with Gasteiger partial charge in [0.25, 0.3) is 0 Å². The molecule has 23 heavy (non-hydrogen) atoms. The van der Waals surface area contributed by atoms with Crippen molar-refractivity contribution in [1.82, 2.24) is 14.9 Å². The molecule has 7 nitrogen and oxygen atoms in total.